The van der Waals surface area contributed by atoms with E-state index in [0.717, 1.165) is 0 Å². The lowest BCUT2D eigenvalue weighted by Crippen LogP contribution is -2.32. The number of terminal acetylenes is 1. The summed E-state index contributed by atoms with van der Waals surface area (Å²) in [6.45, 7) is 1.68. The molecule has 1 unspecified atom stereocenters. The average molecular weight is 292 g/mol. The normalized spacial score (nSPS) is 13.1. The zero-order chi connectivity index (χ0) is 13.1. The van der Waals surface area contributed by atoms with Gasteiger partial charge in [-0.1, -0.05) is 23.2 Å². The minimum Gasteiger partial charge on any atom is -0.207 e. The van der Waals surface area contributed by atoms with Crippen LogP contribution in [0.3, 0.4) is 0 Å². The number of hydrogen-bond donors (Lipinski definition) is 1. The van der Waals surface area contributed by atoms with Crippen LogP contribution in [0.25, 0.3) is 0 Å². The molecule has 0 radical (unpaired) electrons. The second kappa shape index (κ2) is 5.74. The molecule has 17 heavy (non-hydrogen) atoms. The SMILES string of the molecule is C#CCC(C)NS(=O)(=O)c1cc(Cl)cc(Cl)c1. The van der Waals surface area contributed by atoms with Gasteiger partial charge >= 0.3 is 0 Å². The largest absolute Gasteiger partial charge is 0.240 e. The second-order valence-electron chi connectivity index (χ2n) is 3.54. The van der Waals surface area contributed by atoms with Gasteiger partial charge in [0, 0.05) is 22.5 Å². The van der Waals surface area contributed by atoms with Crippen molar-refractivity contribution in [3.05, 3.63) is 28.2 Å². The minimum absolute atomic E-state index is 0.0267. The van der Waals surface area contributed by atoms with Crippen LogP contribution in [0, 0.1) is 12.3 Å². The minimum atomic E-state index is -3.64. The molecule has 0 saturated heterocycles. The molecule has 6 heteroatoms. The number of rotatable bonds is 4. The highest BCUT2D eigenvalue weighted by atomic mass is 35.5. The fourth-order valence-electron chi connectivity index (χ4n) is 1.24. The molecule has 0 saturated carbocycles. The van der Waals surface area contributed by atoms with Gasteiger partial charge in [0.25, 0.3) is 0 Å². The first-order valence-corrected chi connectivity index (χ1v) is 7.01. The van der Waals surface area contributed by atoms with E-state index in [4.69, 9.17) is 29.6 Å². The molecular formula is C11H11Cl2NO2S. The number of sulfonamides is 1. The van der Waals surface area contributed by atoms with E-state index in [0.29, 0.717) is 6.42 Å². The third-order valence-corrected chi connectivity index (χ3v) is 3.93. The predicted octanol–water partition coefficient (Wildman–Crippen LogP) is 2.68. The molecule has 0 aliphatic heterocycles. The van der Waals surface area contributed by atoms with Crippen molar-refractivity contribution in [1.29, 1.82) is 0 Å². The molecule has 0 spiro atoms. The Hall–Kier alpha value is -0.730. The smallest absolute Gasteiger partial charge is 0.207 e. The van der Waals surface area contributed by atoms with Crippen LogP contribution in [0.1, 0.15) is 13.3 Å². The van der Waals surface area contributed by atoms with Crippen LogP contribution in [-0.2, 0) is 10.0 Å². The summed E-state index contributed by atoms with van der Waals surface area (Å²) in [5, 5.41) is 0.532. The Morgan fingerprint density at radius 2 is 1.88 bits per heavy atom. The van der Waals surface area contributed by atoms with Gasteiger partial charge in [0.15, 0.2) is 0 Å². The van der Waals surface area contributed by atoms with Crippen molar-refractivity contribution in [2.24, 2.45) is 0 Å². The Morgan fingerprint density at radius 1 is 1.35 bits per heavy atom. The second-order valence-corrected chi connectivity index (χ2v) is 6.12. The molecule has 0 bridgehead atoms. The van der Waals surface area contributed by atoms with Crippen molar-refractivity contribution in [3.8, 4) is 12.3 Å². The zero-order valence-corrected chi connectivity index (χ0v) is 11.4. The summed E-state index contributed by atoms with van der Waals surface area (Å²) >= 11 is 11.5. The van der Waals surface area contributed by atoms with E-state index in [2.05, 4.69) is 10.6 Å². The van der Waals surface area contributed by atoms with Crippen molar-refractivity contribution in [2.45, 2.75) is 24.3 Å². The molecule has 0 amide bonds. The van der Waals surface area contributed by atoms with Crippen LogP contribution in [0.4, 0.5) is 0 Å². The summed E-state index contributed by atoms with van der Waals surface area (Å²) in [5.74, 6) is 2.39. The van der Waals surface area contributed by atoms with E-state index >= 15 is 0 Å². The zero-order valence-electron chi connectivity index (χ0n) is 9.07. The van der Waals surface area contributed by atoms with Crippen molar-refractivity contribution >= 4 is 33.2 Å². The van der Waals surface area contributed by atoms with Gasteiger partial charge in [0.05, 0.1) is 4.90 Å². The summed E-state index contributed by atoms with van der Waals surface area (Å²) < 4.78 is 26.3. The summed E-state index contributed by atoms with van der Waals surface area (Å²) in [5.41, 5.74) is 0. The Bertz CT molecular complexity index is 529. The summed E-state index contributed by atoms with van der Waals surface area (Å²) in [6, 6.07) is 3.78. The molecule has 0 aliphatic rings. The van der Waals surface area contributed by atoms with Crippen LogP contribution in [-0.4, -0.2) is 14.5 Å². The summed E-state index contributed by atoms with van der Waals surface area (Å²) in [7, 11) is -3.64. The molecular weight excluding hydrogens is 281 g/mol. The Labute approximate surface area is 111 Å². The Kier molecular flexibility index (Phi) is 4.84. The maximum absolute atomic E-state index is 11.9. The monoisotopic (exact) mass is 291 g/mol. The summed E-state index contributed by atoms with van der Waals surface area (Å²) in [4.78, 5) is 0.0267. The molecule has 0 aromatic heterocycles. The van der Waals surface area contributed by atoms with Crippen LogP contribution < -0.4 is 4.72 Å². The lowest BCUT2D eigenvalue weighted by Gasteiger charge is -2.12. The first-order valence-electron chi connectivity index (χ1n) is 4.77. The highest BCUT2D eigenvalue weighted by Gasteiger charge is 2.17. The van der Waals surface area contributed by atoms with E-state index in [-0.39, 0.29) is 21.0 Å². The Balaban J connectivity index is 3.02. The van der Waals surface area contributed by atoms with Gasteiger partial charge in [-0.05, 0) is 25.1 Å². The first-order chi connectivity index (χ1) is 7.85. The third kappa shape index (κ3) is 4.21. The van der Waals surface area contributed by atoms with Crippen molar-refractivity contribution in [2.75, 3.05) is 0 Å². The fourth-order valence-corrected chi connectivity index (χ4v) is 3.20. The van der Waals surface area contributed by atoms with E-state index < -0.39 is 10.0 Å². The lowest BCUT2D eigenvalue weighted by molar-refractivity contribution is 0.563. The van der Waals surface area contributed by atoms with Crippen LogP contribution in [0.2, 0.25) is 10.0 Å². The molecule has 0 fully saturated rings. The van der Waals surface area contributed by atoms with Gasteiger partial charge in [-0.2, -0.15) is 0 Å². The standard InChI is InChI=1S/C11H11Cl2NO2S/c1-3-4-8(2)14-17(15,16)11-6-9(12)5-10(13)7-11/h1,5-8,14H,4H2,2H3. The highest BCUT2D eigenvalue weighted by molar-refractivity contribution is 7.89. The molecule has 0 heterocycles. The Morgan fingerprint density at radius 3 is 2.35 bits per heavy atom. The predicted molar refractivity (Wildman–Crippen MR) is 69.7 cm³/mol. The van der Waals surface area contributed by atoms with E-state index in [1.807, 2.05) is 0 Å². The van der Waals surface area contributed by atoms with E-state index in [9.17, 15) is 8.42 Å². The average Bonchev–Trinajstić information content (AvgIpc) is 2.15. The molecule has 1 rings (SSSR count). The third-order valence-electron chi connectivity index (χ3n) is 1.93. The molecule has 1 aromatic rings. The fraction of sp³-hybridized carbons (Fsp3) is 0.273. The van der Waals surface area contributed by atoms with Crippen LogP contribution in [0.5, 0.6) is 0 Å². The van der Waals surface area contributed by atoms with E-state index in [1.54, 1.807) is 6.92 Å². The maximum Gasteiger partial charge on any atom is 0.240 e. The van der Waals surface area contributed by atoms with Crippen molar-refractivity contribution < 1.29 is 8.42 Å². The van der Waals surface area contributed by atoms with Gasteiger partial charge < -0.3 is 0 Å². The first kappa shape index (κ1) is 14.3. The van der Waals surface area contributed by atoms with Crippen molar-refractivity contribution in [1.82, 2.24) is 4.72 Å². The number of halogens is 2. The van der Waals surface area contributed by atoms with Gasteiger partial charge in [0.2, 0.25) is 10.0 Å². The van der Waals surface area contributed by atoms with Gasteiger partial charge in [0.1, 0.15) is 0 Å². The van der Waals surface area contributed by atoms with Gasteiger partial charge in [-0.3, -0.25) is 0 Å². The number of nitrogens with one attached hydrogen (secondary N) is 1. The quantitative estimate of drug-likeness (QED) is 0.867. The van der Waals surface area contributed by atoms with Crippen molar-refractivity contribution in [3.63, 3.8) is 0 Å². The topological polar surface area (TPSA) is 46.2 Å². The number of hydrogen-bond acceptors (Lipinski definition) is 2. The number of benzene rings is 1. The van der Waals surface area contributed by atoms with Crippen LogP contribution >= 0.6 is 23.2 Å². The maximum atomic E-state index is 11.9. The molecule has 1 atom stereocenters. The molecule has 3 nitrogen and oxygen atoms in total. The molecule has 1 aromatic carbocycles. The summed E-state index contributed by atoms with van der Waals surface area (Å²) in [6.07, 6.45) is 5.42. The van der Waals surface area contributed by atoms with Gasteiger partial charge in [-0.25, -0.2) is 13.1 Å². The van der Waals surface area contributed by atoms with Gasteiger partial charge in [-0.15, -0.1) is 12.3 Å². The van der Waals surface area contributed by atoms with E-state index in [1.165, 1.54) is 18.2 Å². The van der Waals surface area contributed by atoms with Crippen LogP contribution in [0.15, 0.2) is 23.1 Å². The molecule has 1 N–H and O–H groups in total. The molecule has 0 aliphatic carbocycles. The lowest BCUT2D eigenvalue weighted by atomic mass is 10.3. The highest BCUT2D eigenvalue weighted by Crippen LogP contribution is 2.22. The molecule has 92 valence electrons.